The first-order valence-corrected chi connectivity index (χ1v) is 8.76. The van der Waals surface area contributed by atoms with Crippen molar-refractivity contribution in [1.82, 2.24) is 4.90 Å². The minimum absolute atomic E-state index is 0.131. The van der Waals surface area contributed by atoms with Gasteiger partial charge in [0.05, 0.1) is 7.11 Å². The van der Waals surface area contributed by atoms with E-state index in [9.17, 15) is 0 Å². The van der Waals surface area contributed by atoms with Gasteiger partial charge in [0, 0.05) is 23.4 Å². The van der Waals surface area contributed by atoms with Gasteiger partial charge in [-0.1, -0.05) is 25.1 Å². The SMILES string of the molecule is COc1ccccc1CC(C)N(C)C1(CN)CCSC1C. The molecule has 0 radical (unpaired) electrons. The van der Waals surface area contributed by atoms with Crippen LogP contribution >= 0.6 is 11.8 Å². The second-order valence-corrected chi connectivity index (χ2v) is 7.50. The Labute approximate surface area is 133 Å². The van der Waals surface area contributed by atoms with E-state index in [-0.39, 0.29) is 5.54 Å². The van der Waals surface area contributed by atoms with Crippen molar-refractivity contribution < 1.29 is 4.74 Å². The third-order valence-electron chi connectivity index (χ3n) is 5.08. The van der Waals surface area contributed by atoms with Crippen LogP contribution in [-0.2, 0) is 6.42 Å². The molecule has 1 heterocycles. The smallest absolute Gasteiger partial charge is 0.122 e. The Bertz CT molecular complexity index is 468. The number of hydrogen-bond acceptors (Lipinski definition) is 4. The first-order valence-electron chi connectivity index (χ1n) is 7.71. The normalized spacial score (nSPS) is 27.0. The highest BCUT2D eigenvalue weighted by atomic mass is 32.2. The summed E-state index contributed by atoms with van der Waals surface area (Å²) in [6.07, 6.45) is 2.17. The summed E-state index contributed by atoms with van der Waals surface area (Å²) in [6.45, 7) is 5.34. The molecule has 4 heteroatoms. The highest BCUT2D eigenvalue weighted by Gasteiger charge is 2.44. The summed E-state index contributed by atoms with van der Waals surface area (Å²) in [5.41, 5.74) is 7.57. The molecule has 1 saturated heterocycles. The monoisotopic (exact) mass is 308 g/mol. The third-order valence-corrected chi connectivity index (χ3v) is 6.46. The summed E-state index contributed by atoms with van der Waals surface area (Å²) in [5.74, 6) is 2.19. The number of para-hydroxylation sites is 1. The van der Waals surface area contributed by atoms with Crippen LogP contribution < -0.4 is 10.5 Å². The number of benzene rings is 1. The largest absolute Gasteiger partial charge is 0.496 e. The Morgan fingerprint density at radius 1 is 1.48 bits per heavy atom. The van der Waals surface area contributed by atoms with Crippen LogP contribution in [0, 0.1) is 0 Å². The second kappa shape index (κ2) is 7.03. The minimum Gasteiger partial charge on any atom is -0.496 e. The molecular weight excluding hydrogens is 280 g/mol. The van der Waals surface area contributed by atoms with Crippen LogP contribution in [0.5, 0.6) is 5.75 Å². The number of nitrogens with two attached hydrogens (primary N) is 1. The molecule has 0 amide bonds. The van der Waals surface area contributed by atoms with E-state index in [2.05, 4.69) is 37.9 Å². The van der Waals surface area contributed by atoms with Crippen molar-refractivity contribution in [3.05, 3.63) is 29.8 Å². The predicted octanol–water partition coefficient (Wildman–Crippen LogP) is 2.78. The average Bonchev–Trinajstić information content (AvgIpc) is 2.88. The van der Waals surface area contributed by atoms with Crippen LogP contribution in [0.15, 0.2) is 24.3 Å². The summed E-state index contributed by atoms with van der Waals surface area (Å²) in [4.78, 5) is 2.50. The summed E-state index contributed by atoms with van der Waals surface area (Å²) in [7, 11) is 3.97. The van der Waals surface area contributed by atoms with Crippen LogP contribution in [-0.4, -0.2) is 48.2 Å². The lowest BCUT2D eigenvalue weighted by molar-refractivity contribution is 0.0876. The topological polar surface area (TPSA) is 38.5 Å². The maximum absolute atomic E-state index is 6.17. The van der Waals surface area contributed by atoms with Crippen molar-refractivity contribution in [2.75, 3.05) is 26.5 Å². The highest BCUT2D eigenvalue weighted by molar-refractivity contribution is 8.00. The molecule has 1 fully saturated rings. The fourth-order valence-corrected chi connectivity index (χ4v) is 4.93. The van der Waals surface area contributed by atoms with E-state index in [1.54, 1.807) is 7.11 Å². The molecule has 2 rings (SSSR count). The van der Waals surface area contributed by atoms with Gasteiger partial charge in [-0.25, -0.2) is 0 Å². The number of ether oxygens (including phenoxy) is 1. The zero-order valence-electron chi connectivity index (χ0n) is 13.6. The Morgan fingerprint density at radius 2 is 2.19 bits per heavy atom. The quantitative estimate of drug-likeness (QED) is 0.877. The van der Waals surface area contributed by atoms with Gasteiger partial charge < -0.3 is 10.5 Å². The number of thioether (sulfide) groups is 1. The zero-order chi connectivity index (χ0) is 15.5. The first-order chi connectivity index (χ1) is 10.0. The fourth-order valence-electron chi connectivity index (χ4n) is 3.41. The molecule has 1 aliphatic heterocycles. The Balaban J connectivity index is 2.14. The molecule has 0 saturated carbocycles. The lowest BCUT2D eigenvalue weighted by Gasteiger charge is -2.44. The van der Waals surface area contributed by atoms with E-state index in [1.807, 2.05) is 23.9 Å². The van der Waals surface area contributed by atoms with Crippen LogP contribution in [0.3, 0.4) is 0 Å². The Hall–Kier alpha value is -0.710. The van der Waals surface area contributed by atoms with E-state index in [1.165, 1.54) is 17.7 Å². The molecule has 2 N–H and O–H groups in total. The Morgan fingerprint density at radius 3 is 2.76 bits per heavy atom. The molecule has 1 aromatic rings. The second-order valence-electron chi connectivity index (χ2n) is 6.05. The van der Waals surface area contributed by atoms with Gasteiger partial charge in [-0.15, -0.1) is 0 Å². The first kappa shape index (κ1) is 16.7. The summed E-state index contributed by atoms with van der Waals surface area (Å²) >= 11 is 2.04. The van der Waals surface area contributed by atoms with Gasteiger partial charge in [-0.3, -0.25) is 4.90 Å². The van der Waals surface area contributed by atoms with Crippen LogP contribution in [0.2, 0.25) is 0 Å². The summed E-state index contributed by atoms with van der Waals surface area (Å²) < 4.78 is 5.48. The molecule has 0 aromatic heterocycles. The third kappa shape index (κ3) is 3.22. The number of likely N-dealkylation sites (N-methyl/N-ethyl adjacent to an activating group) is 1. The van der Waals surface area contributed by atoms with Gasteiger partial charge in [0.25, 0.3) is 0 Å². The lowest BCUT2D eigenvalue weighted by Crippen LogP contribution is -2.59. The highest BCUT2D eigenvalue weighted by Crippen LogP contribution is 2.40. The van der Waals surface area contributed by atoms with Crippen LogP contribution in [0.4, 0.5) is 0 Å². The molecule has 1 aliphatic rings. The molecule has 3 atom stereocenters. The lowest BCUT2D eigenvalue weighted by atomic mass is 9.88. The molecule has 1 aromatic carbocycles. The van der Waals surface area contributed by atoms with Crippen molar-refractivity contribution in [2.45, 2.75) is 43.5 Å². The fraction of sp³-hybridized carbons (Fsp3) is 0.647. The molecular formula is C17H28N2OS. The van der Waals surface area contributed by atoms with E-state index >= 15 is 0 Å². The molecule has 0 aliphatic carbocycles. The maximum atomic E-state index is 6.17. The van der Waals surface area contributed by atoms with Crippen LogP contribution in [0.1, 0.15) is 25.8 Å². The van der Waals surface area contributed by atoms with Crippen LogP contribution in [0.25, 0.3) is 0 Å². The number of methoxy groups -OCH3 is 1. The van der Waals surface area contributed by atoms with E-state index in [0.29, 0.717) is 11.3 Å². The van der Waals surface area contributed by atoms with Gasteiger partial charge >= 0.3 is 0 Å². The van der Waals surface area contributed by atoms with Crippen molar-refractivity contribution in [2.24, 2.45) is 5.73 Å². The minimum atomic E-state index is 0.131. The van der Waals surface area contributed by atoms with Crippen molar-refractivity contribution in [3.63, 3.8) is 0 Å². The van der Waals surface area contributed by atoms with E-state index in [4.69, 9.17) is 10.5 Å². The number of nitrogens with zero attached hydrogens (tertiary/aromatic N) is 1. The molecule has 0 bridgehead atoms. The zero-order valence-corrected chi connectivity index (χ0v) is 14.5. The molecule has 21 heavy (non-hydrogen) atoms. The van der Waals surface area contributed by atoms with Gasteiger partial charge in [0.2, 0.25) is 0 Å². The molecule has 3 unspecified atom stereocenters. The predicted molar refractivity (Wildman–Crippen MR) is 92.2 cm³/mol. The molecule has 118 valence electrons. The van der Waals surface area contributed by atoms with Gasteiger partial charge in [0.1, 0.15) is 5.75 Å². The molecule has 0 spiro atoms. The summed E-state index contributed by atoms with van der Waals surface area (Å²) in [6, 6.07) is 8.73. The number of rotatable bonds is 6. The average molecular weight is 308 g/mol. The van der Waals surface area contributed by atoms with E-state index < -0.39 is 0 Å². The summed E-state index contributed by atoms with van der Waals surface area (Å²) in [5, 5.41) is 0.590. The Kier molecular flexibility index (Phi) is 5.58. The van der Waals surface area contributed by atoms with Gasteiger partial charge in [-0.05, 0) is 44.2 Å². The maximum Gasteiger partial charge on any atom is 0.122 e. The van der Waals surface area contributed by atoms with Crippen molar-refractivity contribution in [1.29, 1.82) is 0 Å². The van der Waals surface area contributed by atoms with E-state index in [0.717, 1.165) is 18.7 Å². The van der Waals surface area contributed by atoms with Crippen molar-refractivity contribution >= 4 is 11.8 Å². The van der Waals surface area contributed by atoms with Gasteiger partial charge in [0.15, 0.2) is 0 Å². The van der Waals surface area contributed by atoms with Crippen molar-refractivity contribution in [3.8, 4) is 5.75 Å². The standard InChI is InChI=1S/C17H28N2OS/c1-13(11-15-7-5-6-8-16(15)20-4)19(3)17(12-18)9-10-21-14(17)2/h5-8,13-14H,9-12,18H2,1-4H3. The van der Waals surface area contributed by atoms with Gasteiger partial charge in [-0.2, -0.15) is 11.8 Å². The molecule has 3 nitrogen and oxygen atoms in total. The number of hydrogen-bond donors (Lipinski definition) is 1.